The average molecular weight is 1210 g/mol. The molecule has 5 atom stereocenters. The summed E-state index contributed by atoms with van der Waals surface area (Å²) in [7, 11) is -9.88. The van der Waals surface area contributed by atoms with E-state index in [2.05, 4.69) is 41.5 Å². The van der Waals surface area contributed by atoms with Gasteiger partial charge in [0.15, 0.2) is 12.2 Å². The van der Waals surface area contributed by atoms with Gasteiger partial charge in [0.05, 0.1) is 26.4 Å². The summed E-state index contributed by atoms with van der Waals surface area (Å²) in [5, 5.41) is 10.5. The highest BCUT2D eigenvalue weighted by atomic mass is 31.2. The largest absolute Gasteiger partial charge is 0.472 e. The van der Waals surface area contributed by atoms with Crippen molar-refractivity contribution in [3.63, 3.8) is 0 Å². The zero-order valence-corrected chi connectivity index (χ0v) is 54.6. The van der Waals surface area contributed by atoms with Crippen molar-refractivity contribution in [2.75, 3.05) is 39.6 Å². The van der Waals surface area contributed by atoms with Gasteiger partial charge in [-0.1, -0.05) is 260 Å². The van der Waals surface area contributed by atoms with Crippen molar-refractivity contribution in [1.82, 2.24) is 0 Å². The highest BCUT2D eigenvalue weighted by Crippen LogP contribution is 2.45. The van der Waals surface area contributed by atoms with Gasteiger partial charge in [0.1, 0.15) is 19.3 Å². The molecule has 0 heterocycles. The number of hydrogen-bond acceptors (Lipinski definition) is 15. The molecule has 0 saturated heterocycles. The highest BCUT2D eigenvalue weighted by molar-refractivity contribution is 7.47. The summed E-state index contributed by atoms with van der Waals surface area (Å²) in [6.07, 6.45) is 37.6. The van der Waals surface area contributed by atoms with E-state index in [4.69, 9.17) is 37.0 Å². The summed E-state index contributed by atoms with van der Waals surface area (Å²) in [4.78, 5) is 72.1. The number of phosphoric ester groups is 2. The van der Waals surface area contributed by atoms with Crippen LogP contribution in [0.5, 0.6) is 0 Å². The van der Waals surface area contributed by atoms with Gasteiger partial charge in [0.25, 0.3) is 0 Å². The molecule has 3 N–H and O–H groups in total. The molecular formula is C63H122O17P2. The number of rotatable bonds is 62. The molecule has 0 aliphatic carbocycles. The van der Waals surface area contributed by atoms with Crippen LogP contribution in [0.4, 0.5) is 0 Å². The van der Waals surface area contributed by atoms with Gasteiger partial charge in [0.2, 0.25) is 0 Å². The number of carbonyl (C=O) groups excluding carboxylic acids is 4. The molecule has 0 amide bonds. The number of carbonyl (C=O) groups is 4. The molecule has 0 saturated carbocycles. The van der Waals surface area contributed by atoms with Crippen molar-refractivity contribution in [3.05, 3.63) is 0 Å². The summed E-state index contributed by atoms with van der Waals surface area (Å²) < 4.78 is 67.9. The molecule has 82 heavy (non-hydrogen) atoms. The lowest BCUT2D eigenvalue weighted by molar-refractivity contribution is -0.161. The number of aliphatic hydroxyl groups is 1. The van der Waals surface area contributed by atoms with Crippen molar-refractivity contribution in [2.24, 2.45) is 11.8 Å². The second-order valence-electron chi connectivity index (χ2n) is 23.7. The molecule has 17 nitrogen and oxygen atoms in total. The topological polar surface area (TPSA) is 237 Å². The van der Waals surface area contributed by atoms with E-state index >= 15 is 0 Å². The van der Waals surface area contributed by atoms with Crippen molar-refractivity contribution >= 4 is 39.5 Å². The maximum atomic E-state index is 13.0. The Morgan fingerprint density at radius 3 is 0.829 bits per heavy atom. The van der Waals surface area contributed by atoms with Gasteiger partial charge in [-0.05, 0) is 37.5 Å². The van der Waals surface area contributed by atoms with Crippen molar-refractivity contribution < 1.29 is 80.2 Å². The number of esters is 4. The summed E-state index contributed by atoms with van der Waals surface area (Å²) >= 11 is 0. The van der Waals surface area contributed by atoms with Gasteiger partial charge in [0, 0.05) is 25.7 Å². The fourth-order valence-electron chi connectivity index (χ4n) is 9.35. The van der Waals surface area contributed by atoms with Crippen LogP contribution in [-0.4, -0.2) is 96.7 Å². The number of hydrogen-bond donors (Lipinski definition) is 3. The van der Waals surface area contributed by atoms with Crippen LogP contribution in [-0.2, 0) is 65.4 Å². The van der Waals surface area contributed by atoms with Crippen molar-refractivity contribution in [3.8, 4) is 0 Å². The van der Waals surface area contributed by atoms with Gasteiger partial charge in [-0.15, -0.1) is 0 Å². The Morgan fingerprint density at radius 1 is 0.329 bits per heavy atom. The first-order valence-corrected chi connectivity index (χ1v) is 36.0. The zero-order chi connectivity index (χ0) is 60.8. The molecule has 0 fully saturated rings. The first-order valence-electron chi connectivity index (χ1n) is 33.0. The molecule has 0 bridgehead atoms. The molecule has 486 valence electrons. The Hall–Kier alpha value is -1.94. The molecule has 0 aromatic carbocycles. The first-order chi connectivity index (χ1) is 39.4. The Kier molecular flexibility index (Phi) is 54.3. The van der Waals surface area contributed by atoms with Crippen LogP contribution >= 0.6 is 15.6 Å². The SMILES string of the molecule is CCCCCCCCCCCCCC(=O)O[C@H](COC(=O)CCCCCCCCC)COP(=O)(O)OC[C@H](O)COP(=O)(O)OC[C@@H](COC(=O)CCCCCCCCCCCC(C)C)OC(=O)CCCCCCCCCCCC(C)C. The first kappa shape index (κ1) is 80.1. The normalized spacial score (nSPS) is 14.3. The van der Waals surface area contributed by atoms with Gasteiger partial charge in [-0.2, -0.15) is 0 Å². The lowest BCUT2D eigenvalue weighted by atomic mass is 10.0. The molecule has 2 unspecified atom stereocenters. The second kappa shape index (κ2) is 55.6. The summed E-state index contributed by atoms with van der Waals surface area (Å²) in [6, 6.07) is 0. The average Bonchev–Trinajstić information content (AvgIpc) is 3.45. The minimum Gasteiger partial charge on any atom is -0.462 e. The van der Waals surface area contributed by atoms with Crippen LogP contribution in [0.15, 0.2) is 0 Å². The van der Waals surface area contributed by atoms with Crippen LogP contribution in [0.1, 0.15) is 311 Å². The quantitative estimate of drug-likeness (QED) is 0.0222. The summed E-state index contributed by atoms with van der Waals surface area (Å²) in [5.41, 5.74) is 0. The van der Waals surface area contributed by atoms with E-state index in [-0.39, 0.29) is 25.7 Å². The van der Waals surface area contributed by atoms with Gasteiger partial charge >= 0.3 is 39.5 Å². The Balaban J connectivity index is 5.22. The van der Waals surface area contributed by atoms with Gasteiger partial charge in [-0.3, -0.25) is 37.3 Å². The van der Waals surface area contributed by atoms with E-state index in [1.165, 1.54) is 116 Å². The molecule has 0 aliphatic rings. The third-order valence-electron chi connectivity index (χ3n) is 14.5. The molecule has 19 heteroatoms. The van der Waals surface area contributed by atoms with Crippen molar-refractivity contribution in [2.45, 2.75) is 330 Å². The molecular weight excluding hydrogens is 1090 g/mol. The molecule has 0 aromatic rings. The Bertz CT molecular complexity index is 1620. The summed E-state index contributed by atoms with van der Waals surface area (Å²) in [6.45, 7) is 9.40. The molecule has 0 aliphatic heterocycles. The van der Waals surface area contributed by atoms with Gasteiger partial charge in [-0.25, -0.2) is 9.13 Å². The highest BCUT2D eigenvalue weighted by Gasteiger charge is 2.30. The zero-order valence-electron chi connectivity index (χ0n) is 52.8. The van der Waals surface area contributed by atoms with Crippen LogP contribution in [0.2, 0.25) is 0 Å². The maximum Gasteiger partial charge on any atom is 0.472 e. The van der Waals surface area contributed by atoms with E-state index in [0.29, 0.717) is 25.7 Å². The third-order valence-corrected chi connectivity index (χ3v) is 16.4. The number of aliphatic hydroxyl groups excluding tert-OH is 1. The summed E-state index contributed by atoms with van der Waals surface area (Å²) in [5.74, 6) is -0.659. The van der Waals surface area contributed by atoms with Crippen LogP contribution in [0.25, 0.3) is 0 Å². The van der Waals surface area contributed by atoms with Crippen LogP contribution in [0, 0.1) is 11.8 Å². The fourth-order valence-corrected chi connectivity index (χ4v) is 10.9. The predicted molar refractivity (Wildman–Crippen MR) is 326 cm³/mol. The predicted octanol–water partition coefficient (Wildman–Crippen LogP) is 17.3. The maximum absolute atomic E-state index is 13.0. The van der Waals surface area contributed by atoms with Crippen molar-refractivity contribution in [1.29, 1.82) is 0 Å². The second-order valence-corrected chi connectivity index (χ2v) is 26.7. The molecule has 0 radical (unpaired) electrons. The Morgan fingerprint density at radius 2 is 0.561 bits per heavy atom. The smallest absolute Gasteiger partial charge is 0.462 e. The molecule has 0 spiro atoms. The van der Waals surface area contributed by atoms with E-state index < -0.39 is 97.5 Å². The molecule has 0 aromatic heterocycles. The molecule has 0 rings (SSSR count). The Labute approximate surface area is 498 Å². The van der Waals surface area contributed by atoms with Crippen LogP contribution in [0.3, 0.4) is 0 Å². The third kappa shape index (κ3) is 57.2. The van der Waals surface area contributed by atoms with E-state index in [0.717, 1.165) is 115 Å². The standard InChI is InChI=1S/C63H122O17P2/c1-7-9-11-13-15-16-17-22-29-35-41-47-62(67)79-58(51-73-60(65)45-39-33-25-14-12-10-8-2)53-77-81(69,70)75-49-57(64)50-76-82(71,72)78-54-59(80-63(68)48-42-36-30-24-19-21-27-32-38-44-56(5)6)52-74-61(66)46-40-34-28-23-18-20-26-31-37-43-55(3)4/h55-59,64H,7-54H2,1-6H3,(H,69,70)(H,71,72)/t57-,58+,59+/m0/s1. The fraction of sp³-hybridized carbons (Fsp3) is 0.937. The minimum absolute atomic E-state index is 0.105. The van der Waals surface area contributed by atoms with E-state index in [1.807, 2.05) is 0 Å². The van der Waals surface area contributed by atoms with Gasteiger partial charge < -0.3 is 33.8 Å². The lowest BCUT2D eigenvalue weighted by Crippen LogP contribution is -2.30. The van der Waals surface area contributed by atoms with E-state index in [1.54, 1.807) is 0 Å². The number of ether oxygens (including phenoxy) is 4. The number of phosphoric acid groups is 2. The lowest BCUT2D eigenvalue weighted by Gasteiger charge is -2.21. The van der Waals surface area contributed by atoms with E-state index in [9.17, 15) is 43.2 Å². The minimum atomic E-state index is -4.94. The van der Waals surface area contributed by atoms with Crippen LogP contribution < -0.4 is 0 Å². The number of unbranched alkanes of at least 4 members (excludes halogenated alkanes) is 32. The monoisotopic (exact) mass is 1210 g/mol.